The molecular weight excluding hydrogens is 226 g/mol. The highest BCUT2D eigenvalue weighted by molar-refractivity contribution is 6.20. The van der Waals surface area contributed by atoms with Crippen molar-refractivity contribution < 1.29 is 9.15 Å². The molecule has 90 valence electrons. The van der Waals surface area contributed by atoms with E-state index in [9.17, 15) is 0 Å². The van der Waals surface area contributed by atoms with Crippen LogP contribution in [0.4, 0.5) is 0 Å². The molecule has 0 aromatic carbocycles. The molecule has 0 N–H and O–H groups in total. The normalized spacial score (nSPS) is 29.2. The maximum absolute atomic E-state index is 6.30. The summed E-state index contributed by atoms with van der Waals surface area (Å²) in [5.41, 5.74) is 0. The van der Waals surface area contributed by atoms with Gasteiger partial charge in [0.1, 0.15) is 11.1 Å². The van der Waals surface area contributed by atoms with Crippen LogP contribution < -0.4 is 0 Å². The topological polar surface area (TPSA) is 25.6 Å². The largest absolute Gasteiger partial charge is 0.468 e. The number of nitrogens with zero attached hydrogens (tertiary/aromatic N) is 1. The Labute approximate surface area is 101 Å². The van der Waals surface area contributed by atoms with Crippen molar-refractivity contribution in [3.63, 3.8) is 0 Å². The molecule has 3 atom stereocenters. The monoisotopic (exact) mass is 243 g/mol. The molecule has 2 rings (SSSR count). The minimum atomic E-state index is -0.0764. The van der Waals surface area contributed by atoms with Crippen LogP contribution >= 0.6 is 11.6 Å². The minimum Gasteiger partial charge on any atom is -0.468 e. The Hall–Kier alpha value is -0.510. The van der Waals surface area contributed by atoms with Gasteiger partial charge in [0, 0.05) is 19.6 Å². The van der Waals surface area contributed by atoms with Crippen molar-refractivity contribution in [1.82, 2.24) is 4.90 Å². The zero-order valence-electron chi connectivity index (χ0n) is 9.73. The van der Waals surface area contributed by atoms with Gasteiger partial charge in [0.05, 0.1) is 18.5 Å². The first-order valence-corrected chi connectivity index (χ1v) is 6.14. The maximum atomic E-state index is 6.30. The van der Waals surface area contributed by atoms with Gasteiger partial charge >= 0.3 is 0 Å². The summed E-state index contributed by atoms with van der Waals surface area (Å²) in [6.45, 7) is 6.88. The van der Waals surface area contributed by atoms with Crippen LogP contribution in [-0.2, 0) is 4.74 Å². The SMILES string of the molecule is CC1CN(CC(Cl)c2ccco2)CC(C)O1. The van der Waals surface area contributed by atoms with Crippen LogP contribution in [0, 0.1) is 0 Å². The predicted molar refractivity (Wildman–Crippen MR) is 63.8 cm³/mol. The highest BCUT2D eigenvalue weighted by Crippen LogP contribution is 2.23. The van der Waals surface area contributed by atoms with Gasteiger partial charge < -0.3 is 9.15 Å². The van der Waals surface area contributed by atoms with Crippen molar-refractivity contribution in [1.29, 1.82) is 0 Å². The maximum Gasteiger partial charge on any atom is 0.122 e. The zero-order valence-corrected chi connectivity index (χ0v) is 10.5. The molecule has 0 bridgehead atoms. The number of hydrogen-bond donors (Lipinski definition) is 0. The second-order valence-corrected chi connectivity index (χ2v) is 4.99. The van der Waals surface area contributed by atoms with Crippen molar-refractivity contribution in [2.75, 3.05) is 19.6 Å². The summed E-state index contributed by atoms with van der Waals surface area (Å²) in [5.74, 6) is 0.841. The zero-order chi connectivity index (χ0) is 11.5. The highest BCUT2D eigenvalue weighted by atomic mass is 35.5. The fourth-order valence-electron chi connectivity index (χ4n) is 2.22. The molecule has 0 saturated carbocycles. The Morgan fingerprint density at radius 3 is 2.69 bits per heavy atom. The fourth-order valence-corrected chi connectivity index (χ4v) is 2.54. The summed E-state index contributed by atoms with van der Waals surface area (Å²) in [6.07, 6.45) is 2.23. The van der Waals surface area contributed by atoms with Gasteiger partial charge in [-0.25, -0.2) is 0 Å². The molecule has 1 aliphatic rings. The van der Waals surface area contributed by atoms with Crippen LogP contribution in [0.3, 0.4) is 0 Å². The van der Waals surface area contributed by atoms with E-state index >= 15 is 0 Å². The van der Waals surface area contributed by atoms with E-state index in [4.69, 9.17) is 20.8 Å². The van der Waals surface area contributed by atoms with Gasteiger partial charge in [0.25, 0.3) is 0 Å². The van der Waals surface area contributed by atoms with E-state index < -0.39 is 0 Å². The van der Waals surface area contributed by atoms with E-state index in [1.165, 1.54) is 0 Å². The lowest BCUT2D eigenvalue weighted by atomic mass is 10.2. The van der Waals surface area contributed by atoms with Crippen molar-refractivity contribution in [2.24, 2.45) is 0 Å². The molecule has 1 fully saturated rings. The number of furan rings is 1. The smallest absolute Gasteiger partial charge is 0.122 e. The third-order valence-corrected chi connectivity index (χ3v) is 3.12. The lowest BCUT2D eigenvalue weighted by Crippen LogP contribution is -2.46. The summed E-state index contributed by atoms with van der Waals surface area (Å²) >= 11 is 6.30. The third-order valence-electron chi connectivity index (χ3n) is 2.77. The number of rotatable bonds is 3. The van der Waals surface area contributed by atoms with E-state index in [2.05, 4.69) is 18.7 Å². The molecule has 0 spiro atoms. The summed E-state index contributed by atoms with van der Waals surface area (Å²) in [7, 11) is 0. The standard InChI is InChI=1S/C12H18ClNO2/c1-9-6-14(7-10(2)16-9)8-11(13)12-4-3-5-15-12/h3-5,9-11H,6-8H2,1-2H3. The van der Waals surface area contributed by atoms with E-state index in [1.807, 2.05) is 12.1 Å². The Kier molecular flexibility index (Phi) is 3.90. The molecule has 4 heteroatoms. The number of morpholine rings is 1. The van der Waals surface area contributed by atoms with Crippen LogP contribution in [0.25, 0.3) is 0 Å². The average molecular weight is 244 g/mol. The molecular formula is C12H18ClNO2. The molecule has 1 saturated heterocycles. The highest BCUT2D eigenvalue weighted by Gasteiger charge is 2.24. The summed E-state index contributed by atoms with van der Waals surface area (Å²) in [6, 6.07) is 3.79. The van der Waals surface area contributed by atoms with Crippen LogP contribution in [-0.4, -0.2) is 36.7 Å². The van der Waals surface area contributed by atoms with Crippen LogP contribution in [0.2, 0.25) is 0 Å². The van der Waals surface area contributed by atoms with Crippen LogP contribution in [0.5, 0.6) is 0 Å². The van der Waals surface area contributed by atoms with Crippen molar-refractivity contribution >= 4 is 11.6 Å². The summed E-state index contributed by atoms with van der Waals surface area (Å²) < 4.78 is 11.0. The molecule has 16 heavy (non-hydrogen) atoms. The van der Waals surface area contributed by atoms with Crippen molar-refractivity contribution in [3.8, 4) is 0 Å². The Bertz CT molecular complexity index is 305. The first kappa shape index (κ1) is 12.0. The molecule has 0 amide bonds. The van der Waals surface area contributed by atoms with E-state index in [1.54, 1.807) is 6.26 Å². The molecule has 2 heterocycles. The van der Waals surface area contributed by atoms with Gasteiger partial charge in [-0.1, -0.05) is 0 Å². The van der Waals surface area contributed by atoms with Gasteiger partial charge in [-0.2, -0.15) is 0 Å². The minimum absolute atomic E-state index is 0.0764. The Balaban J connectivity index is 1.89. The fraction of sp³-hybridized carbons (Fsp3) is 0.667. The summed E-state index contributed by atoms with van der Waals surface area (Å²) in [5, 5.41) is -0.0764. The first-order chi connectivity index (χ1) is 7.65. The van der Waals surface area contributed by atoms with E-state index in [-0.39, 0.29) is 17.6 Å². The number of ether oxygens (including phenoxy) is 1. The van der Waals surface area contributed by atoms with E-state index in [0.717, 1.165) is 25.4 Å². The predicted octanol–water partition coefficient (Wildman–Crippen LogP) is 2.67. The molecule has 0 radical (unpaired) electrons. The number of halogens is 1. The molecule has 1 aromatic heterocycles. The molecule has 3 unspecified atom stereocenters. The Morgan fingerprint density at radius 2 is 2.12 bits per heavy atom. The van der Waals surface area contributed by atoms with Gasteiger partial charge in [0.15, 0.2) is 0 Å². The number of alkyl halides is 1. The second kappa shape index (κ2) is 5.21. The molecule has 3 nitrogen and oxygen atoms in total. The van der Waals surface area contributed by atoms with Crippen molar-refractivity contribution in [3.05, 3.63) is 24.2 Å². The van der Waals surface area contributed by atoms with Gasteiger partial charge in [-0.15, -0.1) is 11.6 Å². The van der Waals surface area contributed by atoms with E-state index in [0.29, 0.717) is 0 Å². The molecule has 0 aliphatic carbocycles. The average Bonchev–Trinajstić information content (AvgIpc) is 2.68. The summed E-state index contributed by atoms with van der Waals surface area (Å²) in [4.78, 5) is 2.33. The third kappa shape index (κ3) is 3.00. The first-order valence-electron chi connectivity index (χ1n) is 5.70. The second-order valence-electron chi connectivity index (χ2n) is 4.46. The van der Waals surface area contributed by atoms with Gasteiger partial charge in [0.2, 0.25) is 0 Å². The Morgan fingerprint density at radius 1 is 1.44 bits per heavy atom. The van der Waals surface area contributed by atoms with Gasteiger partial charge in [-0.05, 0) is 26.0 Å². The van der Waals surface area contributed by atoms with Crippen LogP contribution in [0.1, 0.15) is 25.0 Å². The molecule has 1 aliphatic heterocycles. The lowest BCUT2D eigenvalue weighted by molar-refractivity contribution is -0.0681. The van der Waals surface area contributed by atoms with Gasteiger partial charge in [-0.3, -0.25) is 4.90 Å². The van der Waals surface area contributed by atoms with Crippen LogP contribution in [0.15, 0.2) is 22.8 Å². The lowest BCUT2D eigenvalue weighted by Gasteiger charge is -2.35. The quantitative estimate of drug-likeness (QED) is 0.764. The molecule has 1 aromatic rings. The number of hydrogen-bond acceptors (Lipinski definition) is 3. The van der Waals surface area contributed by atoms with Crippen molar-refractivity contribution in [2.45, 2.75) is 31.4 Å².